The molecule has 3 rings (SSSR count). The number of unbranched alkanes of at least 4 members (excludes halogenated alkanes) is 1. The Kier molecular flexibility index (Phi) is 7.63. The average molecular weight is 424 g/mol. The first-order valence-corrected chi connectivity index (χ1v) is 11.2. The standard InChI is InChI=1S/C25H29NO3S/c1-17-7-11-21(12-8-17)25-26-19(3)23(30-25)14-10-20-9-13-22(18(2)16-20)29-15-5-4-6-24(27)28/h7-9,11-13,16H,4-6,10,14-15H2,1-3H3,(H,27,28). The number of benzene rings is 2. The van der Waals surface area contributed by atoms with E-state index in [9.17, 15) is 4.79 Å². The number of hydrogen-bond acceptors (Lipinski definition) is 4. The zero-order valence-electron chi connectivity index (χ0n) is 17.9. The summed E-state index contributed by atoms with van der Waals surface area (Å²) < 4.78 is 5.82. The van der Waals surface area contributed by atoms with E-state index < -0.39 is 5.97 Å². The lowest BCUT2D eigenvalue weighted by Crippen LogP contribution is -2.02. The van der Waals surface area contributed by atoms with Gasteiger partial charge < -0.3 is 9.84 Å². The molecule has 0 aliphatic rings. The molecule has 0 fully saturated rings. The number of hydrogen-bond donors (Lipinski definition) is 1. The fraction of sp³-hybridized carbons (Fsp3) is 0.360. The molecule has 0 aliphatic carbocycles. The minimum atomic E-state index is -0.752. The van der Waals surface area contributed by atoms with Crippen molar-refractivity contribution < 1.29 is 14.6 Å². The fourth-order valence-corrected chi connectivity index (χ4v) is 4.39. The van der Waals surface area contributed by atoms with Gasteiger partial charge in [0.25, 0.3) is 0 Å². The Morgan fingerprint density at radius 3 is 2.50 bits per heavy atom. The van der Waals surface area contributed by atoms with Crippen molar-refractivity contribution in [1.82, 2.24) is 4.98 Å². The van der Waals surface area contributed by atoms with Gasteiger partial charge in [-0.2, -0.15) is 0 Å². The van der Waals surface area contributed by atoms with E-state index in [-0.39, 0.29) is 6.42 Å². The van der Waals surface area contributed by atoms with Gasteiger partial charge in [-0.25, -0.2) is 4.98 Å². The summed E-state index contributed by atoms with van der Waals surface area (Å²) in [6.07, 6.45) is 3.54. The highest BCUT2D eigenvalue weighted by Gasteiger charge is 2.10. The highest BCUT2D eigenvalue weighted by molar-refractivity contribution is 7.15. The third-order valence-electron chi connectivity index (χ3n) is 5.11. The molecule has 0 aliphatic heterocycles. The number of aliphatic carboxylic acids is 1. The fourth-order valence-electron chi connectivity index (χ4n) is 3.33. The Labute approximate surface area is 182 Å². The molecule has 1 N–H and O–H groups in total. The molecule has 2 aromatic carbocycles. The lowest BCUT2D eigenvalue weighted by Gasteiger charge is -2.10. The molecule has 30 heavy (non-hydrogen) atoms. The number of carboxylic acid groups (broad SMARTS) is 1. The highest BCUT2D eigenvalue weighted by atomic mass is 32.1. The van der Waals surface area contributed by atoms with E-state index in [2.05, 4.69) is 57.2 Å². The number of thiazole rings is 1. The molecule has 4 nitrogen and oxygen atoms in total. The van der Waals surface area contributed by atoms with Crippen LogP contribution in [0, 0.1) is 20.8 Å². The Morgan fingerprint density at radius 2 is 1.80 bits per heavy atom. The Morgan fingerprint density at radius 1 is 1.03 bits per heavy atom. The zero-order chi connectivity index (χ0) is 21.5. The molecule has 0 saturated heterocycles. The molecule has 5 heteroatoms. The van der Waals surface area contributed by atoms with Gasteiger partial charge in [0, 0.05) is 16.9 Å². The molecule has 158 valence electrons. The van der Waals surface area contributed by atoms with Crippen LogP contribution in [0.25, 0.3) is 10.6 Å². The summed E-state index contributed by atoms with van der Waals surface area (Å²) in [5, 5.41) is 9.77. The van der Waals surface area contributed by atoms with E-state index in [4.69, 9.17) is 14.8 Å². The molecule has 1 aromatic heterocycles. The Balaban J connectivity index is 1.55. The van der Waals surface area contributed by atoms with Gasteiger partial charge >= 0.3 is 5.97 Å². The van der Waals surface area contributed by atoms with Crippen molar-refractivity contribution in [1.29, 1.82) is 0 Å². The minimum Gasteiger partial charge on any atom is -0.493 e. The minimum absolute atomic E-state index is 0.198. The van der Waals surface area contributed by atoms with E-state index in [0.717, 1.165) is 41.3 Å². The van der Waals surface area contributed by atoms with Crippen LogP contribution in [0.15, 0.2) is 42.5 Å². The van der Waals surface area contributed by atoms with Crippen LogP contribution >= 0.6 is 11.3 Å². The highest BCUT2D eigenvalue weighted by Crippen LogP contribution is 2.29. The molecular weight excluding hydrogens is 394 g/mol. The number of rotatable bonds is 10. The van der Waals surface area contributed by atoms with Gasteiger partial charge in [-0.15, -0.1) is 11.3 Å². The van der Waals surface area contributed by atoms with Crippen molar-refractivity contribution in [2.24, 2.45) is 0 Å². The maximum Gasteiger partial charge on any atom is 0.303 e. The first kappa shape index (κ1) is 22.0. The van der Waals surface area contributed by atoms with E-state index in [1.165, 1.54) is 21.6 Å². The van der Waals surface area contributed by atoms with Crippen LogP contribution in [0.1, 0.15) is 46.5 Å². The number of nitrogens with zero attached hydrogens (tertiary/aromatic N) is 1. The van der Waals surface area contributed by atoms with Crippen molar-refractivity contribution in [3.63, 3.8) is 0 Å². The van der Waals surface area contributed by atoms with Crippen LogP contribution in [-0.2, 0) is 17.6 Å². The van der Waals surface area contributed by atoms with Gasteiger partial charge in [-0.3, -0.25) is 4.79 Å². The molecule has 0 bridgehead atoms. The normalized spacial score (nSPS) is 10.9. The Hall–Kier alpha value is -2.66. The topological polar surface area (TPSA) is 59.4 Å². The van der Waals surface area contributed by atoms with Crippen molar-refractivity contribution in [2.75, 3.05) is 6.61 Å². The largest absolute Gasteiger partial charge is 0.493 e. The number of carboxylic acids is 1. The Bertz CT molecular complexity index is 992. The van der Waals surface area contributed by atoms with Crippen LogP contribution in [0.3, 0.4) is 0 Å². The third-order valence-corrected chi connectivity index (χ3v) is 6.38. The summed E-state index contributed by atoms with van der Waals surface area (Å²) in [5.41, 5.74) is 5.96. The maximum absolute atomic E-state index is 10.6. The van der Waals surface area contributed by atoms with Crippen LogP contribution < -0.4 is 4.74 Å². The quantitative estimate of drug-likeness (QED) is 0.397. The van der Waals surface area contributed by atoms with Crippen molar-refractivity contribution in [3.8, 4) is 16.3 Å². The first-order chi connectivity index (χ1) is 14.4. The van der Waals surface area contributed by atoms with Gasteiger partial charge in [0.2, 0.25) is 0 Å². The molecule has 0 radical (unpaired) electrons. The molecule has 0 atom stereocenters. The summed E-state index contributed by atoms with van der Waals surface area (Å²) in [4.78, 5) is 16.7. The number of ether oxygens (including phenoxy) is 1. The van der Waals surface area contributed by atoms with E-state index in [1.54, 1.807) is 11.3 Å². The van der Waals surface area contributed by atoms with E-state index in [0.29, 0.717) is 13.0 Å². The van der Waals surface area contributed by atoms with Crippen LogP contribution in [0.5, 0.6) is 5.75 Å². The average Bonchev–Trinajstić information content (AvgIpc) is 3.08. The summed E-state index contributed by atoms with van der Waals surface area (Å²) in [5.74, 6) is 0.127. The van der Waals surface area contributed by atoms with Gasteiger partial charge in [0.05, 0.1) is 12.3 Å². The second-order valence-corrected chi connectivity index (χ2v) is 8.78. The van der Waals surface area contributed by atoms with E-state index in [1.807, 2.05) is 6.07 Å². The predicted molar refractivity (Wildman–Crippen MR) is 123 cm³/mol. The van der Waals surface area contributed by atoms with Gasteiger partial charge in [0.15, 0.2) is 0 Å². The summed E-state index contributed by atoms with van der Waals surface area (Å²) >= 11 is 1.79. The second kappa shape index (κ2) is 10.4. The molecule has 1 heterocycles. The molecule has 0 saturated carbocycles. The lowest BCUT2D eigenvalue weighted by molar-refractivity contribution is -0.137. The summed E-state index contributed by atoms with van der Waals surface area (Å²) in [6.45, 7) is 6.80. The molecule has 3 aromatic rings. The molecule has 0 amide bonds. The maximum atomic E-state index is 10.6. The van der Waals surface area contributed by atoms with Crippen LogP contribution in [-0.4, -0.2) is 22.7 Å². The van der Waals surface area contributed by atoms with Gasteiger partial charge in [-0.1, -0.05) is 42.0 Å². The van der Waals surface area contributed by atoms with E-state index >= 15 is 0 Å². The van der Waals surface area contributed by atoms with Gasteiger partial charge in [-0.05, 0) is 63.6 Å². The summed E-state index contributed by atoms with van der Waals surface area (Å²) in [6, 6.07) is 14.9. The first-order valence-electron chi connectivity index (χ1n) is 10.4. The zero-order valence-corrected chi connectivity index (χ0v) is 18.7. The van der Waals surface area contributed by atoms with Crippen molar-refractivity contribution in [2.45, 2.75) is 52.9 Å². The molecule has 0 spiro atoms. The number of aryl methyl sites for hydroxylation is 5. The van der Waals surface area contributed by atoms with Crippen molar-refractivity contribution in [3.05, 3.63) is 69.7 Å². The predicted octanol–water partition coefficient (Wildman–Crippen LogP) is 6.15. The number of aromatic nitrogens is 1. The number of carbonyl (C=O) groups is 1. The SMILES string of the molecule is Cc1ccc(-c2nc(C)c(CCc3ccc(OCCCCC(=O)O)c(C)c3)s2)cc1. The summed E-state index contributed by atoms with van der Waals surface area (Å²) in [7, 11) is 0. The van der Waals surface area contributed by atoms with Crippen LogP contribution in [0.2, 0.25) is 0 Å². The molecular formula is C25H29NO3S. The van der Waals surface area contributed by atoms with Crippen LogP contribution in [0.4, 0.5) is 0 Å². The molecule has 0 unspecified atom stereocenters. The van der Waals surface area contributed by atoms with Gasteiger partial charge in [0.1, 0.15) is 10.8 Å². The van der Waals surface area contributed by atoms with Crippen molar-refractivity contribution >= 4 is 17.3 Å². The third kappa shape index (κ3) is 6.17. The second-order valence-electron chi connectivity index (χ2n) is 7.69. The lowest BCUT2D eigenvalue weighted by atomic mass is 10.1. The smallest absolute Gasteiger partial charge is 0.303 e. The monoisotopic (exact) mass is 423 g/mol.